The van der Waals surface area contributed by atoms with Crippen LogP contribution in [0.3, 0.4) is 0 Å². The van der Waals surface area contributed by atoms with E-state index >= 15 is 0 Å². The molecule has 0 unspecified atom stereocenters. The van der Waals surface area contributed by atoms with E-state index in [1.165, 1.54) is 0 Å². The van der Waals surface area contributed by atoms with Gasteiger partial charge in [-0.1, -0.05) is 18.2 Å². The van der Waals surface area contributed by atoms with Crippen molar-refractivity contribution in [3.63, 3.8) is 0 Å². The van der Waals surface area contributed by atoms with E-state index in [1.54, 1.807) is 13.2 Å². The second-order valence-electron chi connectivity index (χ2n) is 3.65. The largest absolute Gasteiger partial charge is 0.438 e. The number of H-pyrrole nitrogens is 1. The zero-order chi connectivity index (χ0) is 12.4. The summed E-state index contributed by atoms with van der Waals surface area (Å²) in [6, 6.07) is 9.48. The minimum Gasteiger partial charge on any atom is -0.438 e. The fraction of sp³-hybridized carbons (Fsp3) is 0.0833. The molecule has 1 aromatic carbocycles. The van der Waals surface area contributed by atoms with Gasteiger partial charge in [0.1, 0.15) is 11.1 Å². The molecule has 90 valence electrons. The van der Waals surface area contributed by atoms with Crippen LogP contribution in [0.25, 0.3) is 11.0 Å². The number of hydrogen-bond acceptors (Lipinski definition) is 5. The van der Waals surface area contributed by atoms with Crippen LogP contribution in [0.1, 0.15) is 0 Å². The number of aromatic nitrogens is 4. The molecule has 0 bridgehead atoms. The number of fused-ring (bicyclic) bond motifs is 1. The Labute approximate surface area is 103 Å². The Hall–Kier alpha value is -2.63. The Balaban J connectivity index is 2.07. The first-order chi connectivity index (χ1) is 8.86. The molecule has 0 saturated heterocycles. The van der Waals surface area contributed by atoms with Crippen molar-refractivity contribution in [3.05, 3.63) is 36.5 Å². The van der Waals surface area contributed by atoms with Crippen molar-refractivity contribution in [2.45, 2.75) is 0 Å². The molecule has 3 rings (SSSR count). The van der Waals surface area contributed by atoms with Gasteiger partial charge in [0.2, 0.25) is 11.8 Å². The summed E-state index contributed by atoms with van der Waals surface area (Å²) in [5.41, 5.74) is 0.639. The lowest BCUT2D eigenvalue weighted by atomic mass is 10.3. The summed E-state index contributed by atoms with van der Waals surface area (Å²) in [6.45, 7) is 0. The molecule has 0 fully saturated rings. The second-order valence-corrected chi connectivity index (χ2v) is 3.65. The molecule has 18 heavy (non-hydrogen) atoms. The summed E-state index contributed by atoms with van der Waals surface area (Å²) in [4.78, 5) is 8.52. The van der Waals surface area contributed by atoms with Crippen LogP contribution in [0, 0.1) is 0 Å². The van der Waals surface area contributed by atoms with Crippen LogP contribution >= 0.6 is 0 Å². The maximum atomic E-state index is 5.74. The van der Waals surface area contributed by atoms with Crippen molar-refractivity contribution in [2.75, 3.05) is 12.4 Å². The molecule has 2 N–H and O–H groups in total. The summed E-state index contributed by atoms with van der Waals surface area (Å²) in [5.74, 6) is 1.68. The molecule has 0 amide bonds. The van der Waals surface area contributed by atoms with Crippen LogP contribution < -0.4 is 10.1 Å². The summed E-state index contributed by atoms with van der Waals surface area (Å²) in [6.07, 6.45) is 1.65. The van der Waals surface area contributed by atoms with Crippen molar-refractivity contribution < 1.29 is 4.74 Å². The number of ether oxygens (including phenoxy) is 1. The van der Waals surface area contributed by atoms with Gasteiger partial charge in [0, 0.05) is 7.05 Å². The SMILES string of the molecule is CNc1nc(Oc2ccccc2)c2cn[nH]c2n1. The number of aromatic amines is 1. The predicted molar refractivity (Wildman–Crippen MR) is 67.7 cm³/mol. The smallest absolute Gasteiger partial charge is 0.235 e. The van der Waals surface area contributed by atoms with Crippen LogP contribution in [0.15, 0.2) is 36.5 Å². The van der Waals surface area contributed by atoms with Crippen LogP contribution in [-0.4, -0.2) is 27.2 Å². The Bertz CT molecular complexity index is 665. The van der Waals surface area contributed by atoms with Gasteiger partial charge in [-0.05, 0) is 12.1 Å². The quantitative estimate of drug-likeness (QED) is 0.735. The van der Waals surface area contributed by atoms with Gasteiger partial charge in [-0.2, -0.15) is 15.1 Å². The fourth-order valence-electron chi connectivity index (χ4n) is 1.60. The highest BCUT2D eigenvalue weighted by atomic mass is 16.5. The van der Waals surface area contributed by atoms with Crippen LogP contribution in [0.4, 0.5) is 5.95 Å². The lowest BCUT2D eigenvalue weighted by Gasteiger charge is -2.06. The Morgan fingerprint density at radius 3 is 2.78 bits per heavy atom. The van der Waals surface area contributed by atoms with Crippen LogP contribution in [0.2, 0.25) is 0 Å². The van der Waals surface area contributed by atoms with E-state index in [0.29, 0.717) is 17.5 Å². The van der Waals surface area contributed by atoms with Crippen molar-refractivity contribution in [3.8, 4) is 11.6 Å². The van der Waals surface area contributed by atoms with Gasteiger partial charge >= 0.3 is 0 Å². The fourth-order valence-corrected chi connectivity index (χ4v) is 1.60. The predicted octanol–water partition coefficient (Wildman–Crippen LogP) is 2.19. The van der Waals surface area contributed by atoms with E-state index in [1.807, 2.05) is 30.3 Å². The van der Waals surface area contributed by atoms with Crippen molar-refractivity contribution >= 4 is 17.0 Å². The molecule has 2 aromatic heterocycles. The topological polar surface area (TPSA) is 75.7 Å². The van der Waals surface area contributed by atoms with Gasteiger partial charge in [-0.25, -0.2) is 0 Å². The monoisotopic (exact) mass is 241 g/mol. The number of hydrogen-bond donors (Lipinski definition) is 2. The normalized spacial score (nSPS) is 10.5. The molecule has 0 saturated carbocycles. The Morgan fingerprint density at radius 1 is 1.17 bits per heavy atom. The van der Waals surface area contributed by atoms with Gasteiger partial charge in [0.25, 0.3) is 0 Å². The summed E-state index contributed by atoms with van der Waals surface area (Å²) >= 11 is 0. The van der Waals surface area contributed by atoms with Gasteiger partial charge < -0.3 is 10.1 Å². The number of para-hydroxylation sites is 1. The average Bonchev–Trinajstić information content (AvgIpc) is 2.88. The summed E-state index contributed by atoms with van der Waals surface area (Å²) in [7, 11) is 1.75. The third-order valence-electron chi connectivity index (χ3n) is 2.46. The molecule has 0 spiro atoms. The molecule has 6 nitrogen and oxygen atoms in total. The number of rotatable bonds is 3. The maximum Gasteiger partial charge on any atom is 0.235 e. The lowest BCUT2D eigenvalue weighted by Crippen LogP contribution is -1.98. The second kappa shape index (κ2) is 4.33. The summed E-state index contributed by atoms with van der Waals surface area (Å²) in [5, 5.41) is 10.4. The van der Waals surface area contributed by atoms with E-state index in [4.69, 9.17) is 4.74 Å². The molecule has 3 aromatic rings. The van der Waals surface area contributed by atoms with E-state index in [2.05, 4.69) is 25.5 Å². The van der Waals surface area contributed by atoms with E-state index < -0.39 is 0 Å². The zero-order valence-electron chi connectivity index (χ0n) is 9.71. The Kier molecular flexibility index (Phi) is 2.53. The average molecular weight is 241 g/mol. The molecular formula is C12H11N5O. The lowest BCUT2D eigenvalue weighted by molar-refractivity contribution is 0.469. The third kappa shape index (κ3) is 1.84. The third-order valence-corrected chi connectivity index (χ3v) is 2.46. The van der Waals surface area contributed by atoms with Gasteiger partial charge in [0.15, 0.2) is 5.65 Å². The van der Waals surface area contributed by atoms with Crippen LogP contribution in [-0.2, 0) is 0 Å². The van der Waals surface area contributed by atoms with E-state index in [-0.39, 0.29) is 0 Å². The highest BCUT2D eigenvalue weighted by Gasteiger charge is 2.10. The van der Waals surface area contributed by atoms with Crippen molar-refractivity contribution in [2.24, 2.45) is 0 Å². The summed E-state index contributed by atoms with van der Waals surface area (Å²) < 4.78 is 5.74. The van der Waals surface area contributed by atoms with Gasteiger partial charge in [-0.15, -0.1) is 0 Å². The van der Waals surface area contributed by atoms with E-state index in [9.17, 15) is 0 Å². The number of benzene rings is 1. The first-order valence-electron chi connectivity index (χ1n) is 5.48. The molecule has 0 aliphatic heterocycles. The number of nitrogens with zero attached hydrogens (tertiary/aromatic N) is 3. The van der Waals surface area contributed by atoms with Gasteiger partial charge in [-0.3, -0.25) is 5.10 Å². The van der Waals surface area contributed by atoms with E-state index in [0.717, 1.165) is 11.1 Å². The molecule has 6 heteroatoms. The number of nitrogens with one attached hydrogen (secondary N) is 2. The van der Waals surface area contributed by atoms with Crippen LogP contribution in [0.5, 0.6) is 11.6 Å². The van der Waals surface area contributed by atoms with Gasteiger partial charge in [0.05, 0.1) is 6.20 Å². The number of anilines is 1. The van der Waals surface area contributed by atoms with Crippen molar-refractivity contribution in [1.82, 2.24) is 20.2 Å². The first kappa shape index (κ1) is 10.5. The minimum atomic E-state index is 0.476. The zero-order valence-corrected chi connectivity index (χ0v) is 9.71. The highest BCUT2D eigenvalue weighted by Crippen LogP contribution is 2.26. The molecular weight excluding hydrogens is 230 g/mol. The minimum absolute atomic E-state index is 0.476. The Morgan fingerprint density at radius 2 is 2.00 bits per heavy atom. The standard InChI is InChI=1S/C12H11N5O/c1-13-12-15-10-9(7-14-17-10)11(16-12)18-8-5-3-2-4-6-8/h2-7H,1H3,(H2,13,14,15,16,17). The molecule has 0 radical (unpaired) electrons. The molecule has 2 heterocycles. The highest BCUT2D eigenvalue weighted by molar-refractivity contribution is 5.80. The van der Waals surface area contributed by atoms with Crippen molar-refractivity contribution in [1.29, 1.82) is 0 Å². The molecule has 0 atom stereocenters. The molecule has 0 aliphatic rings. The first-order valence-corrected chi connectivity index (χ1v) is 5.48. The maximum absolute atomic E-state index is 5.74. The molecule has 0 aliphatic carbocycles.